The number of hydrazine groups is 1. The van der Waals surface area contributed by atoms with Crippen LogP contribution in [0, 0.1) is 0 Å². The highest BCUT2D eigenvalue weighted by atomic mass is 16.4. The van der Waals surface area contributed by atoms with Gasteiger partial charge >= 0.3 is 5.97 Å². The molecule has 0 saturated heterocycles. The van der Waals surface area contributed by atoms with E-state index in [9.17, 15) is 19.2 Å². The molecular weight excluding hydrogens is 372 g/mol. The molecule has 0 bridgehead atoms. The van der Waals surface area contributed by atoms with Crippen LogP contribution in [0.2, 0.25) is 0 Å². The van der Waals surface area contributed by atoms with Crippen molar-refractivity contribution < 1.29 is 24.3 Å². The van der Waals surface area contributed by atoms with Gasteiger partial charge in [-0.25, -0.2) is 0 Å². The number of rotatable bonds is 9. The van der Waals surface area contributed by atoms with E-state index < -0.39 is 23.7 Å². The topological polar surface area (TPSA) is 104 Å². The maximum absolute atomic E-state index is 12.8. The number of carbonyl (C=O) groups is 4. The fourth-order valence-corrected chi connectivity index (χ4v) is 2.71. The van der Waals surface area contributed by atoms with Crippen LogP contribution in [0.4, 0.5) is 0 Å². The normalized spacial score (nSPS) is 10.2. The van der Waals surface area contributed by atoms with Gasteiger partial charge in [-0.15, -0.1) is 0 Å². The van der Waals surface area contributed by atoms with E-state index in [1.165, 1.54) is 0 Å². The average Bonchev–Trinajstić information content (AvgIpc) is 2.74. The number of carboxylic acid groups (broad SMARTS) is 1. The van der Waals surface area contributed by atoms with E-state index in [-0.39, 0.29) is 18.4 Å². The quantitative estimate of drug-likeness (QED) is 0.499. The number of hydrogen-bond acceptors (Lipinski definition) is 4. The van der Waals surface area contributed by atoms with Gasteiger partial charge in [-0.3, -0.25) is 24.6 Å². The number of carboxylic acids is 1. The Kier molecular flexibility index (Phi) is 8.56. The number of benzene rings is 2. The zero-order valence-corrected chi connectivity index (χ0v) is 16.0. The van der Waals surface area contributed by atoms with E-state index in [1.54, 1.807) is 60.7 Å². The van der Waals surface area contributed by atoms with Crippen molar-refractivity contribution in [3.05, 3.63) is 71.8 Å². The summed E-state index contributed by atoms with van der Waals surface area (Å²) in [5.41, 5.74) is 3.04. The summed E-state index contributed by atoms with van der Waals surface area (Å²) in [6.07, 6.45) is 2.56. The molecule has 3 amide bonds. The highest BCUT2D eigenvalue weighted by Crippen LogP contribution is 2.10. The molecule has 0 unspecified atom stereocenters. The van der Waals surface area contributed by atoms with Gasteiger partial charge in [-0.05, 0) is 37.1 Å². The summed E-state index contributed by atoms with van der Waals surface area (Å²) in [5, 5.41) is 9.41. The first-order chi connectivity index (χ1) is 14.0. The van der Waals surface area contributed by atoms with E-state index in [2.05, 4.69) is 5.43 Å². The molecule has 0 aromatic heterocycles. The van der Waals surface area contributed by atoms with Crippen LogP contribution in [0.5, 0.6) is 0 Å². The molecule has 2 aromatic carbocycles. The fourth-order valence-electron chi connectivity index (χ4n) is 2.71. The zero-order chi connectivity index (χ0) is 21.1. The van der Waals surface area contributed by atoms with Crippen LogP contribution in [0.25, 0.3) is 0 Å². The van der Waals surface area contributed by atoms with Crippen molar-refractivity contribution in [2.24, 2.45) is 0 Å². The number of hydrogen-bond donors (Lipinski definition) is 2. The van der Waals surface area contributed by atoms with Gasteiger partial charge in [0, 0.05) is 24.0 Å². The third-order valence-corrected chi connectivity index (χ3v) is 4.25. The van der Waals surface area contributed by atoms with Gasteiger partial charge in [-0.1, -0.05) is 49.2 Å². The van der Waals surface area contributed by atoms with Gasteiger partial charge in [0.05, 0.1) is 0 Å². The van der Waals surface area contributed by atoms with Crippen LogP contribution >= 0.6 is 0 Å². The van der Waals surface area contributed by atoms with Gasteiger partial charge in [0.25, 0.3) is 11.8 Å². The lowest BCUT2D eigenvalue weighted by Gasteiger charge is -2.21. The van der Waals surface area contributed by atoms with Crippen LogP contribution in [0.3, 0.4) is 0 Å². The molecule has 7 nitrogen and oxygen atoms in total. The summed E-state index contributed by atoms with van der Waals surface area (Å²) >= 11 is 0. The van der Waals surface area contributed by atoms with Crippen molar-refractivity contribution in [1.82, 2.24) is 10.4 Å². The third kappa shape index (κ3) is 7.21. The summed E-state index contributed by atoms with van der Waals surface area (Å²) in [5.74, 6) is -2.51. The van der Waals surface area contributed by atoms with Crippen LogP contribution < -0.4 is 5.43 Å². The van der Waals surface area contributed by atoms with Gasteiger partial charge in [-0.2, -0.15) is 5.01 Å². The van der Waals surface area contributed by atoms with Gasteiger partial charge < -0.3 is 5.11 Å². The molecule has 152 valence electrons. The van der Waals surface area contributed by atoms with Crippen molar-refractivity contribution in [2.45, 2.75) is 38.5 Å². The number of unbranched alkanes of at least 4 members (excludes halogenated alkanes) is 3. The number of nitrogens with one attached hydrogen (secondary N) is 1. The SMILES string of the molecule is O=C(O)CCCCCCC(=O)N(NC(=O)c1ccccc1)C(=O)c1ccccc1. The molecule has 0 aliphatic rings. The van der Waals surface area contributed by atoms with E-state index in [0.717, 1.165) is 5.01 Å². The average molecular weight is 396 g/mol. The molecule has 0 aliphatic carbocycles. The van der Waals surface area contributed by atoms with Crippen LogP contribution in [0.15, 0.2) is 60.7 Å². The highest BCUT2D eigenvalue weighted by Gasteiger charge is 2.25. The summed E-state index contributed by atoms with van der Waals surface area (Å²) < 4.78 is 0. The molecule has 2 rings (SSSR count). The third-order valence-electron chi connectivity index (χ3n) is 4.25. The molecule has 0 saturated carbocycles. The first kappa shape index (κ1) is 21.8. The van der Waals surface area contributed by atoms with Crippen molar-refractivity contribution in [3.8, 4) is 0 Å². The van der Waals surface area contributed by atoms with Crippen LogP contribution in [-0.4, -0.2) is 33.8 Å². The van der Waals surface area contributed by atoms with E-state index in [4.69, 9.17) is 5.11 Å². The predicted octanol–water partition coefficient (Wildman–Crippen LogP) is 3.43. The largest absolute Gasteiger partial charge is 0.481 e. The second-order valence-corrected chi connectivity index (χ2v) is 6.52. The fraction of sp³-hybridized carbons (Fsp3) is 0.273. The molecule has 0 fully saturated rings. The van der Waals surface area contributed by atoms with E-state index in [0.29, 0.717) is 31.2 Å². The molecule has 2 N–H and O–H groups in total. The Morgan fingerprint density at radius 3 is 1.79 bits per heavy atom. The number of nitrogens with zero attached hydrogens (tertiary/aromatic N) is 1. The molecule has 0 atom stereocenters. The van der Waals surface area contributed by atoms with Crippen molar-refractivity contribution in [2.75, 3.05) is 0 Å². The minimum atomic E-state index is -0.843. The summed E-state index contributed by atoms with van der Waals surface area (Å²) in [7, 11) is 0. The Bertz CT molecular complexity index is 837. The van der Waals surface area contributed by atoms with Gasteiger partial charge in [0.1, 0.15) is 0 Å². The Hall–Kier alpha value is -3.48. The van der Waals surface area contributed by atoms with E-state index in [1.807, 2.05) is 0 Å². The molecule has 2 aromatic rings. The first-order valence-electron chi connectivity index (χ1n) is 9.49. The smallest absolute Gasteiger partial charge is 0.303 e. The molecule has 0 heterocycles. The Morgan fingerprint density at radius 1 is 0.724 bits per heavy atom. The number of imide groups is 1. The molecular formula is C22H24N2O5. The molecule has 7 heteroatoms. The second kappa shape index (κ2) is 11.4. The lowest BCUT2D eigenvalue weighted by Crippen LogP contribution is -2.49. The number of aliphatic carboxylic acids is 1. The zero-order valence-electron chi connectivity index (χ0n) is 16.0. The van der Waals surface area contributed by atoms with Crippen molar-refractivity contribution in [1.29, 1.82) is 0 Å². The monoisotopic (exact) mass is 396 g/mol. The summed E-state index contributed by atoms with van der Waals surface area (Å²) in [4.78, 5) is 48.4. The lowest BCUT2D eigenvalue weighted by molar-refractivity contribution is -0.137. The van der Waals surface area contributed by atoms with Gasteiger partial charge in [0.15, 0.2) is 0 Å². The highest BCUT2D eigenvalue weighted by molar-refractivity contribution is 6.07. The van der Waals surface area contributed by atoms with Crippen LogP contribution in [-0.2, 0) is 9.59 Å². The second-order valence-electron chi connectivity index (χ2n) is 6.52. The molecule has 0 radical (unpaired) electrons. The summed E-state index contributed by atoms with van der Waals surface area (Å²) in [6.45, 7) is 0. The maximum Gasteiger partial charge on any atom is 0.303 e. The van der Waals surface area contributed by atoms with E-state index >= 15 is 0 Å². The Morgan fingerprint density at radius 2 is 1.24 bits per heavy atom. The minimum Gasteiger partial charge on any atom is -0.481 e. The van der Waals surface area contributed by atoms with Gasteiger partial charge in [0.2, 0.25) is 5.91 Å². The Balaban J connectivity index is 2.02. The number of amides is 3. The first-order valence-corrected chi connectivity index (χ1v) is 9.49. The lowest BCUT2D eigenvalue weighted by atomic mass is 10.1. The van der Waals surface area contributed by atoms with Crippen molar-refractivity contribution >= 4 is 23.7 Å². The number of carbonyl (C=O) groups excluding carboxylic acids is 3. The maximum atomic E-state index is 12.8. The minimum absolute atomic E-state index is 0.0702. The molecule has 29 heavy (non-hydrogen) atoms. The molecule has 0 aliphatic heterocycles. The Labute approximate surface area is 169 Å². The standard InChI is InChI=1S/C22H24N2O5/c25-19(15-9-1-2-10-16-20(26)27)24(22(29)18-13-7-4-8-14-18)23-21(28)17-11-5-3-6-12-17/h3-8,11-14H,1-2,9-10,15-16H2,(H,23,28)(H,26,27). The predicted molar refractivity (Wildman–Crippen MR) is 107 cm³/mol. The molecule has 0 spiro atoms. The van der Waals surface area contributed by atoms with Crippen LogP contribution in [0.1, 0.15) is 59.2 Å². The van der Waals surface area contributed by atoms with Crippen molar-refractivity contribution in [3.63, 3.8) is 0 Å². The summed E-state index contributed by atoms with van der Waals surface area (Å²) in [6, 6.07) is 16.6.